The molecule has 1 atom stereocenters. The fraction of sp³-hybridized carbons (Fsp3) is 0.955. The number of ether oxygens (including phenoxy) is 2. The van der Waals surface area contributed by atoms with Crippen LogP contribution in [0.25, 0.3) is 0 Å². The van der Waals surface area contributed by atoms with E-state index in [9.17, 15) is 4.79 Å². The molecule has 0 aromatic heterocycles. The maximum Gasteiger partial charge on any atom is 0.306 e. The molecule has 0 spiro atoms. The average Bonchev–Trinajstić information content (AvgIpc) is 2.55. The molecule has 0 aliphatic rings. The van der Waals surface area contributed by atoms with E-state index in [1.165, 1.54) is 38.5 Å². The second-order valence-corrected chi connectivity index (χ2v) is 7.93. The Kier molecular flexibility index (Phi) is 17.4. The van der Waals surface area contributed by atoms with Gasteiger partial charge in [-0.1, -0.05) is 51.4 Å². The molecule has 0 radical (unpaired) electrons. The number of aliphatic hydroxyl groups excluding tert-OH is 1. The number of hydrogen-bond acceptors (Lipinski definition) is 4. The Morgan fingerprint density at radius 1 is 0.731 bits per heavy atom. The van der Waals surface area contributed by atoms with Gasteiger partial charge in [0.05, 0.1) is 18.3 Å². The van der Waals surface area contributed by atoms with Crippen LogP contribution in [0.15, 0.2) is 0 Å². The highest BCUT2D eigenvalue weighted by molar-refractivity contribution is 5.69. The molecule has 0 aliphatic heterocycles. The van der Waals surface area contributed by atoms with Gasteiger partial charge in [-0.2, -0.15) is 0 Å². The number of carbonyl (C=O) groups excluding carboxylic acids is 1. The zero-order valence-corrected chi connectivity index (χ0v) is 17.8. The fourth-order valence-electron chi connectivity index (χ4n) is 3.17. The van der Waals surface area contributed by atoms with E-state index in [0.717, 1.165) is 38.5 Å². The van der Waals surface area contributed by atoms with E-state index in [-0.39, 0.29) is 12.1 Å². The Bertz CT molecular complexity index is 315. The normalized spacial score (nSPS) is 12.7. The Labute approximate surface area is 162 Å². The largest absolute Gasteiger partial charge is 0.463 e. The van der Waals surface area contributed by atoms with E-state index in [2.05, 4.69) is 13.8 Å². The first-order chi connectivity index (χ1) is 12.5. The van der Waals surface area contributed by atoms with Gasteiger partial charge in [0.2, 0.25) is 0 Å². The van der Waals surface area contributed by atoms with E-state index < -0.39 is 0 Å². The summed E-state index contributed by atoms with van der Waals surface area (Å²) in [6.45, 7) is 8.32. The monoisotopic (exact) mass is 372 g/mol. The van der Waals surface area contributed by atoms with E-state index in [1.807, 2.05) is 13.8 Å². The zero-order chi connectivity index (χ0) is 19.6. The minimum Gasteiger partial charge on any atom is -0.463 e. The molecule has 4 heteroatoms. The Morgan fingerprint density at radius 3 is 1.73 bits per heavy atom. The fourth-order valence-corrected chi connectivity index (χ4v) is 3.17. The molecule has 0 aliphatic carbocycles. The van der Waals surface area contributed by atoms with E-state index >= 15 is 0 Å². The van der Waals surface area contributed by atoms with Crippen molar-refractivity contribution in [2.75, 3.05) is 6.61 Å². The third-order valence-electron chi connectivity index (χ3n) is 4.42. The Morgan fingerprint density at radius 2 is 1.23 bits per heavy atom. The summed E-state index contributed by atoms with van der Waals surface area (Å²) in [5.74, 6) is -0.0623. The number of unbranched alkanes of at least 4 members (excludes halogenated alkanes) is 8. The van der Waals surface area contributed by atoms with Gasteiger partial charge in [-0.15, -0.1) is 0 Å². The topological polar surface area (TPSA) is 55.8 Å². The number of hydrogen-bond donors (Lipinski definition) is 1. The minimum atomic E-state index is -0.0623. The molecular weight excluding hydrogens is 328 g/mol. The number of rotatable bonds is 18. The number of aliphatic hydroxyl groups is 1. The van der Waals surface area contributed by atoms with Crippen LogP contribution in [0.5, 0.6) is 0 Å². The summed E-state index contributed by atoms with van der Waals surface area (Å²) < 4.78 is 11.2. The highest BCUT2D eigenvalue weighted by atomic mass is 16.5. The van der Waals surface area contributed by atoms with Crippen molar-refractivity contribution < 1.29 is 19.4 Å². The smallest absolute Gasteiger partial charge is 0.306 e. The lowest BCUT2D eigenvalue weighted by atomic mass is 10.0. The van der Waals surface area contributed by atoms with Gasteiger partial charge >= 0.3 is 5.97 Å². The molecule has 0 aromatic rings. The van der Waals surface area contributed by atoms with Crippen LogP contribution < -0.4 is 0 Å². The maximum atomic E-state index is 11.4. The summed E-state index contributed by atoms with van der Waals surface area (Å²) >= 11 is 0. The molecule has 1 N–H and O–H groups in total. The van der Waals surface area contributed by atoms with Crippen molar-refractivity contribution in [1.29, 1.82) is 0 Å². The summed E-state index contributed by atoms with van der Waals surface area (Å²) in [6, 6.07) is 0. The molecule has 4 nitrogen and oxygen atoms in total. The van der Waals surface area contributed by atoms with Crippen molar-refractivity contribution in [3.63, 3.8) is 0 Å². The van der Waals surface area contributed by atoms with Crippen molar-refractivity contribution in [2.45, 2.75) is 129 Å². The predicted octanol–water partition coefficient (Wildman–Crippen LogP) is 5.80. The molecule has 0 fully saturated rings. The molecule has 0 heterocycles. The molecule has 0 aromatic carbocycles. The van der Waals surface area contributed by atoms with Gasteiger partial charge in [-0.05, 0) is 53.4 Å². The van der Waals surface area contributed by atoms with Crippen LogP contribution >= 0.6 is 0 Å². The molecule has 0 saturated carbocycles. The molecule has 1 unspecified atom stereocenters. The summed E-state index contributed by atoms with van der Waals surface area (Å²) in [6.07, 6.45) is 14.9. The highest BCUT2D eigenvalue weighted by Crippen LogP contribution is 2.17. The molecule has 0 amide bonds. The van der Waals surface area contributed by atoms with Gasteiger partial charge in [0, 0.05) is 13.0 Å². The molecule has 26 heavy (non-hydrogen) atoms. The summed E-state index contributed by atoms with van der Waals surface area (Å²) in [7, 11) is 0. The van der Waals surface area contributed by atoms with Crippen LogP contribution in [0.3, 0.4) is 0 Å². The van der Waals surface area contributed by atoms with Crippen LogP contribution in [-0.2, 0) is 14.3 Å². The third kappa shape index (κ3) is 18.2. The van der Waals surface area contributed by atoms with Crippen LogP contribution in [-0.4, -0.2) is 36.0 Å². The van der Waals surface area contributed by atoms with Gasteiger partial charge in [0.15, 0.2) is 0 Å². The van der Waals surface area contributed by atoms with E-state index in [0.29, 0.717) is 25.2 Å². The second-order valence-electron chi connectivity index (χ2n) is 7.93. The van der Waals surface area contributed by atoms with Crippen LogP contribution in [0, 0.1) is 0 Å². The van der Waals surface area contributed by atoms with E-state index in [1.54, 1.807) is 0 Å². The first kappa shape index (κ1) is 25.4. The van der Waals surface area contributed by atoms with Gasteiger partial charge in [0.1, 0.15) is 0 Å². The SMILES string of the molecule is CC(C)OC(=O)CCCCCCCCC(CCCCCCO)OC(C)C. The van der Waals surface area contributed by atoms with Gasteiger partial charge in [0.25, 0.3) is 0 Å². The summed E-state index contributed by atoms with van der Waals surface area (Å²) in [5, 5.41) is 8.83. The van der Waals surface area contributed by atoms with Crippen LogP contribution in [0.1, 0.15) is 111 Å². The van der Waals surface area contributed by atoms with Gasteiger partial charge in [-0.25, -0.2) is 0 Å². The van der Waals surface area contributed by atoms with Crippen molar-refractivity contribution in [3.05, 3.63) is 0 Å². The lowest BCUT2D eigenvalue weighted by Gasteiger charge is -2.20. The van der Waals surface area contributed by atoms with Crippen LogP contribution in [0.4, 0.5) is 0 Å². The van der Waals surface area contributed by atoms with Crippen molar-refractivity contribution >= 4 is 5.97 Å². The lowest BCUT2D eigenvalue weighted by molar-refractivity contribution is -0.147. The summed E-state index contributed by atoms with van der Waals surface area (Å²) in [4.78, 5) is 11.4. The quantitative estimate of drug-likeness (QED) is 0.244. The van der Waals surface area contributed by atoms with Crippen molar-refractivity contribution in [3.8, 4) is 0 Å². The molecular formula is C22H44O4. The van der Waals surface area contributed by atoms with Gasteiger partial charge < -0.3 is 14.6 Å². The maximum absolute atomic E-state index is 11.4. The first-order valence-electron chi connectivity index (χ1n) is 10.9. The summed E-state index contributed by atoms with van der Waals surface area (Å²) in [5.41, 5.74) is 0. The number of carbonyl (C=O) groups is 1. The number of esters is 1. The van der Waals surface area contributed by atoms with E-state index in [4.69, 9.17) is 14.6 Å². The molecule has 0 rings (SSSR count). The lowest BCUT2D eigenvalue weighted by Crippen LogP contribution is -2.18. The Hall–Kier alpha value is -0.610. The zero-order valence-electron chi connectivity index (χ0n) is 17.8. The second kappa shape index (κ2) is 17.8. The molecule has 0 bridgehead atoms. The molecule has 156 valence electrons. The minimum absolute atomic E-state index is 0.00168. The van der Waals surface area contributed by atoms with Crippen molar-refractivity contribution in [1.82, 2.24) is 0 Å². The molecule has 0 saturated heterocycles. The first-order valence-corrected chi connectivity index (χ1v) is 10.9. The van der Waals surface area contributed by atoms with Gasteiger partial charge in [-0.3, -0.25) is 4.79 Å². The predicted molar refractivity (Wildman–Crippen MR) is 108 cm³/mol. The van der Waals surface area contributed by atoms with Crippen molar-refractivity contribution in [2.24, 2.45) is 0 Å². The average molecular weight is 373 g/mol. The Balaban J connectivity index is 3.63. The van der Waals surface area contributed by atoms with Crippen LogP contribution in [0.2, 0.25) is 0 Å². The standard InChI is InChI=1S/C22H44O4/c1-19(2)25-21(16-12-9-10-14-18-23)15-11-7-5-6-8-13-17-22(24)26-20(3)4/h19-21,23H,5-18H2,1-4H3. The highest BCUT2D eigenvalue weighted by Gasteiger charge is 2.11. The third-order valence-corrected chi connectivity index (χ3v) is 4.42.